The van der Waals surface area contributed by atoms with E-state index < -0.39 is 11.7 Å². The van der Waals surface area contributed by atoms with Crippen molar-refractivity contribution in [2.45, 2.75) is 6.18 Å². The fraction of sp³-hybridized carbons (Fsp3) is 0.400. The van der Waals surface area contributed by atoms with E-state index in [0.717, 1.165) is 6.07 Å². The molecule has 0 bridgehead atoms. The summed E-state index contributed by atoms with van der Waals surface area (Å²) in [6.45, 7) is 0.910. The van der Waals surface area contributed by atoms with E-state index in [4.69, 9.17) is 4.74 Å². The van der Waals surface area contributed by atoms with Gasteiger partial charge in [0.2, 0.25) is 0 Å². The maximum absolute atomic E-state index is 12.5. The van der Waals surface area contributed by atoms with E-state index in [1.807, 2.05) is 0 Å². The second-order valence-corrected chi connectivity index (χ2v) is 3.97. The molecule has 0 fully saturated rings. The van der Waals surface area contributed by atoms with Gasteiger partial charge in [-0.1, -0.05) is 15.9 Å². The van der Waals surface area contributed by atoms with E-state index in [2.05, 4.69) is 21.2 Å². The molecule has 1 N–H and O–H groups in total. The maximum atomic E-state index is 12.5. The summed E-state index contributed by atoms with van der Waals surface area (Å²) in [5.41, 5.74) is -0.262. The minimum Gasteiger partial charge on any atom is -0.383 e. The van der Waals surface area contributed by atoms with Crippen molar-refractivity contribution < 1.29 is 17.9 Å². The average molecular weight is 298 g/mol. The highest BCUT2D eigenvalue weighted by atomic mass is 79.9. The standard InChI is InChI=1S/C10H11BrF3NO/c1-16-5-4-15-7-2-3-9(11)8(6-7)10(12,13)14/h2-3,6,15H,4-5H2,1H3. The van der Waals surface area contributed by atoms with Gasteiger partial charge in [0.15, 0.2) is 0 Å². The fourth-order valence-electron chi connectivity index (χ4n) is 1.15. The number of anilines is 1. The number of benzene rings is 1. The number of rotatable bonds is 4. The van der Waals surface area contributed by atoms with Crippen molar-refractivity contribution in [3.05, 3.63) is 28.2 Å². The Morgan fingerprint density at radius 1 is 1.38 bits per heavy atom. The lowest BCUT2D eigenvalue weighted by molar-refractivity contribution is -0.138. The van der Waals surface area contributed by atoms with Gasteiger partial charge in [0, 0.05) is 23.8 Å². The van der Waals surface area contributed by atoms with Crippen molar-refractivity contribution in [1.29, 1.82) is 0 Å². The second-order valence-electron chi connectivity index (χ2n) is 3.11. The Bertz CT molecular complexity index is 354. The normalized spacial score (nSPS) is 11.6. The first-order chi connectivity index (χ1) is 7.45. The lowest BCUT2D eigenvalue weighted by atomic mass is 10.2. The van der Waals surface area contributed by atoms with Crippen LogP contribution in [0.25, 0.3) is 0 Å². The summed E-state index contributed by atoms with van der Waals surface area (Å²) in [6, 6.07) is 4.02. The van der Waals surface area contributed by atoms with Crippen LogP contribution in [0, 0.1) is 0 Å². The molecule has 0 saturated heterocycles. The average Bonchev–Trinajstić information content (AvgIpc) is 2.19. The summed E-state index contributed by atoms with van der Waals surface area (Å²) in [5.74, 6) is 0. The van der Waals surface area contributed by atoms with Gasteiger partial charge in [0.1, 0.15) is 0 Å². The van der Waals surface area contributed by atoms with Crippen molar-refractivity contribution in [2.75, 3.05) is 25.6 Å². The van der Waals surface area contributed by atoms with Gasteiger partial charge in [-0.3, -0.25) is 0 Å². The number of alkyl halides is 3. The molecule has 0 aliphatic heterocycles. The van der Waals surface area contributed by atoms with E-state index in [0.29, 0.717) is 18.8 Å². The Morgan fingerprint density at radius 3 is 2.62 bits per heavy atom. The molecule has 0 radical (unpaired) electrons. The summed E-state index contributed by atoms with van der Waals surface area (Å²) in [4.78, 5) is 0. The first kappa shape index (κ1) is 13.3. The Morgan fingerprint density at radius 2 is 2.06 bits per heavy atom. The van der Waals surface area contributed by atoms with Crippen LogP contribution in [0.3, 0.4) is 0 Å². The summed E-state index contributed by atoms with van der Waals surface area (Å²) < 4.78 is 42.4. The Balaban J connectivity index is 2.82. The van der Waals surface area contributed by atoms with Crippen molar-refractivity contribution in [2.24, 2.45) is 0 Å². The Kier molecular flexibility index (Phi) is 4.61. The molecule has 1 aromatic rings. The van der Waals surface area contributed by atoms with Gasteiger partial charge in [-0.15, -0.1) is 0 Å². The van der Waals surface area contributed by atoms with Crippen LogP contribution < -0.4 is 5.32 Å². The number of methoxy groups -OCH3 is 1. The highest BCUT2D eigenvalue weighted by Crippen LogP contribution is 2.36. The molecule has 0 spiro atoms. The molecule has 0 heterocycles. The van der Waals surface area contributed by atoms with Gasteiger partial charge in [0.25, 0.3) is 0 Å². The molecule has 0 atom stereocenters. The van der Waals surface area contributed by atoms with Gasteiger partial charge in [-0.25, -0.2) is 0 Å². The van der Waals surface area contributed by atoms with E-state index >= 15 is 0 Å². The quantitative estimate of drug-likeness (QED) is 0.859. The molecule has 1 rings (SSSR count). The number of ether oxygens (including phenoxy) is 1. The smallest absolute Gasteiger partial charge is 0.383 e. The molecule has 0 aromatic heterocycles. The van der Waals surface area contributed by atoms with Crippen LogP contribution in [0.15, 0.2) is 22.7 Å². The third kappa shape index (κ3) is 3.68. The summed E-state index contributed by atoms with van der Waals surface area (Å²) in [6.07, 6.45) is -4.35. The molecular formula is C10H11BrF3NO. The maximum Gasteiger partial charge on any atom is 0.417 e. The third-order valence-corrected chi connectivity index (χ3v) is 2.60. The van der Waals surface area contributed by atoms with Crippen molar-refractivity contribution in [1.82, 2.24) is 0 Å². The molecule has 1 aromatic carbocycles. The predicted octanol–water partition coefficient (Wildman–Crippen LogP) is 3.53. The van der Waals surface area contributed by atoms with E-state index in [1.54, 1.807) is 6.07 Å². The number of hydrogen-bond donors (Lipinski definition) is 1. The molecule has 0 saturated carbocycles. The highest BCUT2D eigenvalue weighted by Gasteiger charge is 2.33. The summed E-state index contributed by atoms with van der Waals surface area (Å²) in [5, 5.41) is 2.84. The number of nitrogens with one attached hydrogen (secondary N) is 1. The van der Waals surface area contributed by atoms with Gasteiger partial charge < -0.3 is 10.1 Å². The minimum absolute atomic E-state index is 0.0392. The van der Waals surface area contributed by atoms with Crippen LogP contribution >= 0.6 is 15.9 Å². The van der Waals surface area contributed by atoms with Crippen LogP contribution in [0.1, 0.15) is 5.56 Å². The molecule has 90 valence electrons. The lowest BCUT2D eigenvalue weighted by Crippen LogP contribution is -2.10. The lowest BCUT2D eigenvalue weighted by Gasteiger charge is -2.12. The first-order valence-electron chi connectivity index (χ1n) is 4.54. The number of hydrogen-bond acceptors (Lipinski definition) is 2. The summed E-state index contributed by atoms with van der Waals surface area (Å²) >= 11 is 2.88. The topological polar surface area (TPSA) is 21.3 Å². The molecule has 2 nitrogen and oxygen atoms in total. The first-order valence-corrected chi connectivity index (χ1v) is 5.34. The molecule has 0 aliphatic carbocycles. The molecule has 16 heavy (non-hydrogen) atoms. The van der Waals surface area contributed by atoms with Crippen LogP contribution in [0.4, 0.5) is 18.9 Å². The SMILES string of the molecule is COCCNc1ccc(Br)c(C(F)(F)F)c1. The predicted molar refractivity (Wildman–Crippen MR) is 59.5 cm³/mol. The van der Waals surface area contributed by atoms with Crippen LogP contribution in [0.2, 0.25) is 0 Å². The van der Waals surface area contributed by atoms with Crippen molar-refractivity contribution in [3.8, 4) is 0 Å². The van der Waals surface area contributed by atoms with Crippen LogP contribution in [-0.2, 0) is 10.9 Å². The zero-order valence-electron chi connectivity index (χ0n) is 8.57. The minimum atomic E-state index is -4.35. The van der Waals surface area contributed by atoms with Gasteiger partial charge in [0.05, 0.1) is 12.2 Å². The Hall–Kier alpha value is -0.750. The zero-order valence-corrected chi connectivity index (χ0v) is 10.2. The van der Waals surface area contributed by atoms with Crippen molar-refractivity contribution >= 4 is 21.6 Å². The molecular weight excluding hydrogens is 287 g/mol. The number of halogens is 4. The highest BCUT2D eigenvalue weighted by molar-refractivity contribution is 9.10. The van der Waals surface area contributed by atoms with Gasteiger partial charge in [-0.05, 0) is 18.2 Å². The second kappa shape index (κ2) is 5.54. The fourth-order valence-corrected chi connectivity index (χ4v) is 1.62. The van der Waals surface area contributed by atoms with Crippen LogP contribution in [-0.4, -0.2) is 20.3 Å². The van der Waals surface area contributed by atoms with E-state index in [1.165, 1.54) is 13.2 Å². The van der Waals surface area contributed by atoms with E-state index in [9.17, 15) is 13.2 Å². The monoisotopic (exact) mass is 297 g/mol. The molecule has 0 unspecified atom stereocenters. The van der Waals surface area contributed by atoms with E-state index in [-0.39, 0.29) is 4.47 Å². The molecule has 6 heteroatoms. The summed E-state index contributed by atoms with van der Waals surface area (Å²) in [7, 11) is 1.53. The third-order valence-electron chi connectivity index (χ3n) is 1.91. The molecule has 0 aliphatic rings. The van der Waals surface area contributed by atoms with Gasteiger partial charge >= 0.3 is 6.18 Å². The Labute approximate surface area is 99.9 Å². The van der Waals surface area contributed by atoms with Crippen LogP contribution in [0.5, 0.6) is 0 Å². The van der Waals surface area contributed by atoms with Gasteiger partial charge in [-0.2, -0.15) is 13.2 Å². The van der Waals surface area contributed by atoms with Crippen molar-refractivity contribution in [3.63, 3.8) is 0 Å². The zero-order chi connectivity index (χ0) is 12.2. The molecule has 0 amide bonds. The largest absolute Gasteiger partial charge is 0.417 e.